The maximum atomic E-state index is 11.0. The van der Waals surface area contributed by atoms with E-state index in [1.54, 1.807) is 12.1 Å². The van der Waals surface area contributed by atoms with Gasteiger partial charge in [0.2, 0.25) is 0 Å². The van der Waals surface area contributed by atoms with Crippen molar-refractivity contribution in [1.82, 2.24) is 0 Å². The first-order chi connectivity index (χ1) is 7.15. The number of hydrogen-bond donors (Lipinski definition) is 2. The third-order valence-corrected chi connectivity index (χ3v) is 2.09. The molecule has 0 spiro atoms. The van der Waals surface area contributed by atoms with Gasteiger partial charge in [0, 0.05) is 12.1 Å². The van der Waals surface area contributed by atoms with E-state index in [9.17, 15) is 4.79 Å². The lowest BCUT2D eigenvalue weighted by molar-refractivity contribution is 0.0691. The summed E-state index contributed by atoms with van der Waals surface area (Å²) in [7, 11) is 2.88. The van der Waals surface area contributed by atoms with Crippen LogP contribution in [-0.4, -0.2) is 25.3 Å². The van der Waals surface area contributed by atoms with Gasteiger partial charge in [0.15, 0.2) is 0 Å². The number of rotatable bonds is 4. The molecule has 0 atom stereocenters. The van der Waals surface area contributed by atoms with Gasteiger partial charge in [-0.05, 0) is 12.1 Å². The predicted octanol–water partition coefficient (Wildman–Crippen LogP) is 0.861. The Labute approximate surface area is 87.4 Å². The number of carboxylic acids is 1. The van der Waals surface area contributed by atoms with E-state index in [1.807, 2.05) is 0 Å². The second-order valence-electron chi connectivity index (χ2n) is 2.83. The van der Waals surface area contributed by atoms with Crippen LogP contribution in [0.5, 0.6) is 11.5 Å². The van der Waals surface area contributed by atoms with Crippen LogP contribution in [0.1, 0.15) is 15.9 Å². The maximum absolute atomic E-state index is 11.0. The molecule has 5 heteroatoms. The highest BCUT2D eigenvalue weighted by atomic mass is 16.5. The van der Waals surface area contributed by atoms with Crippen LogP contribution in [-0.2, 0) is 6.54 Å². The molecule has 1 rings (SSSR count). The van der Waals surface area contributed by atoms with E-state index in [2.05, 4.69) is 0 Å². The minimum atomic E-state index is -1.08. The summed E-state index contributed by atoms with van der Waals surface area (Å²) >= 11 is 0. The number of carboxylic acid groups (broad SMARTS) is 1. The molecule has 5 nitrogen and oxygen atoms in total. The molecule has 0 aliphatic carbocycles. The molecule has 0 saturated heterocycles. The summed E-state index contributed by atoms with van der Waals surface area (Å²) in [6, 6.07) is 3.18. The molecule has 0 heterocycles. The van der Waals surface area contributed by atoms with Crippen molar-refractivity contribution in [1.29, 1.82) is 0 Å². The highest BCUT2D eigenvalue weighted by Gasteiger charge is 2.19. The SMILES string of the molecule is COc1ccc(OC)c(C(=O)O)c1CN. The van der Waals surface area contributed by atoms with Crippen molar-refractivity contribution in [2.24, 2.45) is 5.73 Å². The molecule has 0 aliphatic rings. The van der Waals surface area contributed by atoms with Crippen molar-refractivity contribution in [3.63, 3.8) is 0 Å². The molecule has 0 fully saturated rings. The first-order valence-electron chi connectivity index (χ1n) is 4.32. The summed E-state index contributed by atoms with van der Waals surface area (Å²) in [5.74, 6) is -0.342. The molecule has 1 aromatic carbocycles. The zero-order valence-electron chi connectivity index (χ0n) is 8.61. The Hall–Kier alpha value is -1.75. The summed E-state index contributed by atoms with van der Waals surface area (Å²) in [5.41, 5.74) is 5.98. The van der Waals surface area contributed by atoms with Crippen molar-refractivity contribution in [3.05, 3.63) is 23.3 Å². The lowest BCUT2D eigenvalue weighted by Gasteiger charge is -2.13. The monoisotopic (exact) mass is 211 g/mol. The number of ether oxygens (including phenoxy) is 2. The van der Waals surface area contributed by atoms with E-state index in [0.29, 0.717) is 11.3 Å². The molecule has 82 valence electrons. The van der Waals surface area contributed by atoms with Gasteiger partial charge < -0.3 is 20.3 Å². The van der Waals surface area contributed by atoms with Crippen molar-refractivity contribution in [2.75, 3.05) is 14.2 Å². The van der Waals surface area contributed by atoms with E-state index in [-0.39, 0.29) is 17.9 Å². The Morgan fingerprint density at radius 2 is 1.87 bits per heavy atom. The van der Waals surface area contributed by atoms with Gasteiger partial charge in [-0.3, -0.25) is 0 Å². The standard InChI is InChI=1S/C10H13NO4/c1-14-7-3-4-8(15-2)9(10(12)13)6(7)5-11/h3-4H,5,11H2,1-2H3,(H,12,13). The molecular weight excluding hydrogens is 198 g/mol. The highest BCUT2D eigenvalue weighted by Crippen LogP contribution is 2.29. The van der Waals surface area contributed by atoms with Crippen LogP contribution in [0.4, 0.5) is 0 Å². The smallest absolute Gasteiger partial charge is 0.339 e. The van der Waals surface area contributed by atoms with Crippen molar-refractivity contribution in [2.45, 2.75) is 6.54 Å². The minimum absolute atomic E-state index is 0.0550. The Morgan fingerprint density at radius 3 is 2.27 bits per heavy atom. The van der Waals surface area contributed by atoms with Gasteiger partial charge in [0.25, 0.3) is 0 Å². The fourth-order valence-corrected chi connectivity index (χ4v) is 1.41. The van der Waals surface area contributed by atoms with E-state index in [0.717, 1.165) is 0 Å². The van der Waals surface area contributed by atoms with Gasteiger partial charge in [-0.1, -0.05) is 0 Å². The summed E-state index contributed by atoms with van der Waals surface area (Å²) in [6.45, 7) is 0.0853. The number of benzene rings is 1. The number of aromatic carboxylic acids is 1. The fraction of sp³-hybridized carbons (Fsp3) is 0.300. The summed E-state index contributed by atoms with van der Waals surface area (Å²) in [6.07, 6.45) is 0. The van der Waals surface area contributed by atoms with Crippen LogP contribution >= 0.6 is 0 Å². The van der Waals surface area contributed by atoms with Crippen LogP contribution in [0.25, 0.3) is 0 Å². The Morgan fingerprint density at radius 1 is 1.33 bits per heavy atom. The molecule has 0 aliphatic heterocycles. The average Bonchev–Trinajstić information content (AvgIpc) is 2.26. The maximum Gasteiger partial charge on any atom is 0.339 e. The lowest BCUT2D eigenvalue weighted by atomic mass is 10.1. The first-order valence-corrected chi connectivity index (χ1v) is 4.32. The van der Waals surface area contributed by atoms with Crippen LogP contribution in [0.2, 0.25) is 0 Å². The molecule has 3 N–H and O–H groups in total. The Kier molecular flexibility index (Phi) is 3.51. The average molecular weight is 211 g/mol. The van der Waals surface area contributed by atoms with Crippen molar-refractivity contribution < 1.29 is 19.4 Å². The van der Waals surface area contributed by atoms with E-state index in [4.69, 9.17) is 20.3 Å². The summed E-state index contributed by atoms with van der Waals surface area (Å²) in [4.78, 5) is 11.0. The van der Waals surface area contributed by atoms with Gasteiger partial charge in [-0.2, -0.15) is 0 Å². The first kappa shape index (κ1) is 11.3. The topological polar surface area (TPSA) is 81.8 Å². The predicted molar refractivity (Wildman–Crippen MR) is 54.4 cm³/mol. The minimum Gasteiger partial charge on any atom is -0.496 e. The number of carbonyl (C=O) groups is 1. The van der Waals surface area contributed by atoms with E-state index in [1.165, 1.54) is 14.2 Å². The van der Waals surface area contributed by atoms with Crippen LogP contribution < -0.4 is 15.2 Å². The van der Waals surface area contributed by atoms with Crippen molar-refractivity contribution >= 4 is 5.97 Å². The molecule has 0 radical (unpaired) electrons. The zero-order chi connectivity index (χ0) is 11.4. The normalized spacial score (nSPS) is 9.80. The summed E-state index contributed by atoms with van der Waals surface area (Å²) in [5, 5.41) is 9.04. The quantitative estimate of drug-likeness (QED) is 0.771. The Bertz CT molecular complexity index is 376. The van der Waals surface area contributed by atoms with Gasteiger partial charge in [-0.25, -0.2) is 4.79 Å². The van der Waals surface area contributed by atoms with Crippen molar-refractivity contribution in [3.8, 4) is 11.5 Å². The molecular formula is C10H13NO4. The van der Waals surface area contributed by atoms with Crippen LogP contribution in [0.15, 0.2) is 12.1 Å². The second-order valence-corrected chi connectivity index (χ2v) is 2.83. The Balaban J connectivity index is 3.44. The molecule has 0 unspecified atom stereocenters. The van der Waals surface area contributed by atoms with Gasteiger partial charge >= 0.3 is 5.97 Å². The number of methoxy groups -OCH3 is 2. The molecule has 15 heavy (non-hydrogen) atoms. The van der Waals surface area contributed by atoms with Gasteiger partial charge in [-0.15, -0.1) is 0 Å². The second kappa shape index (κ2) is 4.65. The molecule has 0 aromatic heterocycles. The third kappa shape index (κ3) is 2.02. The van der Waals surface area contributed by atoms with E-state index >= 15 is 0 Å². The lowest BCUT2D eigenvalue weighted by Crippen LogP contribution is -2.10. The van der Waals surface area contributed by atoms with Crippen LogP contribution in [0.3, 0.4) is 0 Å². The molecule has 0 amide bonds. The van der Waals surface area contributed by atoms with Gasteiger partial charge in [0.05, 0.1) is 14.2 Å². The molecule has 0 saturated carbocycles. The third-order valence-electron chi connectivity index (χ3n) is 2.09. The fourth-order valence-electron chi connectivity index (χ4n) is 1.41. The van der Waals surface area contributed by atoms with E-state index < -0.39 is 5.97 Å². The molecule has 1 aromatic rings. The van der Waals surface area contributed by atoms with Crippen LogP contribution in [0, 0.1) is 0 Å². The zero-order valence-corrected chi connectivity index (χ0v) is 8.61. The summed E-state index contributed by atoms with van der Waals surface area (Å²) < 4.78 is 9.98. The number of hydrogen-bond acceptors (Lipinski definition) is 4. The largest absolute Gasteiger partial charge is 0.496 e. The highest BCUT2D eigenvalue weighted by molar-refractivity contribution is 5.93. The molecule has 0 bridgehead atoms. The number of nitrogens with two attached hydrogens (primary N) is 1. The van der Waals surface area contributed by atoms with Gasteiger partial charge in [0.1, 0.15) is 17.1 Å².